The average Bonchev–Trinajstić information content (AvgIpc) is 3.26. The second-order valence-electron chi connectivity index (χ2n) is 5.46. The van der Waals surface area contributed by atoms with Crippen LogP contribution in [0.4, 0.5) is 0 Å². The van der Waals surface area contributed by atoms with E-state index in [0.29, 0.717) is 6.54 Å². The van der Waals surface area contributed by atoms with Gasteiger partial charge in [-0.3, -0.25) is 0 Å². The maximum Gasteiger partial charge on any atom is 0.193 e. The Kier molecular flexibility index (Phi) is 8.68. The number of benzene rings is 1. The summed E-state index contributed by atoms with van der Waals surface area (Å²) in [6, 6.07) is 10.3. The first-order valence-electron chi connectivity index (χ1n) is 7.33. The van der Waals surface area contributed by atoms with Crippen LogP contribution >= 0.6 is 24.0 Å². The number of halogens is 1. The molecule has 0 spiro atoms. The first-order valence-corrected chi connectivity index (χ1v) is 7.33. The van der Waals surface area contributed by atoms with Gasteiger partial charge in [0.15, 0.2) is 5.96 Å². The van der Waals surface area contributed by atoms with Crippen LogP contribution in [0.15, 0.2) is 35.3 Å². The van der Waals surface area contributed by atoms with Gasteiger partial charge < -0.3 is 15.0 Å². The second kappa shape index (κ2) is 10.00. The number of rotatable bonds is 7. The average molecular weight is 403 g/mol. The molecular formula is C16H26IN3O. The van der Waals surface area contributed by atoms with E-state index >= 15 is 0 Å². The monoisotopic (exact) mass is 403 g/mol. The van der Waals surface area contributed by atoms with E-state index in [1.807, 2.05) is 37.2 Å². The highest BCUT2D eigenvalue weighted by molar-refractivity contribution is 14.0. The standard InChI is InChI=1S/C16H25N3O.HI/c1-19(2)16(17-10-11-20-13-15-8-9-15)18-12-14-6-4-3-5-7-14;/h3-7,15H,8-13H2,1-2H3,(H,17,18);1H. The van der Waals surface area contributed by atoms with Gasteiger partial charge in [0.25, 0.3) is 0 Å². The van der Waals surface area contributed by atoms with Crippen molar-refractivity contribution >= 4 is 29.9 Å². The van der Waals surface area contributed by atoms with E-state index < -0.39 is 0 Å². The lowest BCUT2D eigenvalue weighted by Gasteiger charge is -2.17. The largest absolute Gasteiger partial charge is 0.379 e. The third-order valence-corrected chi connectivity index (χ3v) is 3.26. The summed E-state index contributed by atoms with van der Waals surface area (Å²) < 4.78 is 5.61. The summed E-state index contributed by atoms with van der Waals surface area (Å²) in [5, 5.41) is 3.33. The fourth-order valence-electron chi connectivity index (χ4n) is 1.87. The van der Waals surface area contributed by atoms with Crippen molar-refractivity contribution in [3.8, 4) is 0 Å². The number of aliphatic imine (C=N–C) groups is 1. The van der Waals surface area contributed by atoms with Gasteiger partial charge in [0, 0.05) is 27.2 Å². The number of nitrogens with zero attached hydrogens (tertiary/aromatic N) is 2. The SMILES string of the molecule is CN(C)C(=NCc1ccccc1)NCCOCC1CC1.I. The van der Waals surface area contributed by atoms with Crippen LogP contribution < -0.4 is 5.32 Å². The highest BCUT2D eigenvalue weighted by Crippen LogP contribution is 2.28. The molecular weight excluding hydrogens is 377 g/mol. The molecule has 1 fully saturated rings. The number of ether oxygens (including phenoxy) is 1. The summed E-state index contributed by atoms with van der Waals surface area (Å²) in [6.45, 7) is 3.16. The first kappa shape index (κ1) is 18.2. The van der Waals surface area contributed by atoms with Gasteiger partial charge in [-0.2, -0.15) is 0 Å². The number of guanidine groups is 1. The van der Waals surface area contributed by atoms with Crippen LogP contribution in [0.2, 0.25) is 0 Å². The number of hydrogen-bond donors (Lipinski definition) is 1. The van der Waals surface area contributed by atoms with Gasteiger partial charge in [0.1, 0.15) is 0 Å². The fraction of sp³-hybridized carbons (Fsp3) is 0.562. The highest BCUT2D eigenvalue weighted by Gasteiger charge is 2.20. The number of hydrogen-bond acceptors (Lipinski definition) is 2. The lowest BCUT2D eigenvalue weighted by Crippen LogP contribution is -2.38. The first-order chi connectivity index (χ1) is 9.75. The maximum atomic E-state index is 5.61. The van der Waals surface area contributed by atoms with Gasteiger partial charge >= 0.3 is 0 Å². The summed E-state index contributed by atoms with van der Waals surface area (Å²) >= 11 is 0. The van der Waals surface area contributed by atoms with Crippen molar-refractivity contribution in [2.24, 2.45) is 10.9 Å². The minimum absolute atomic E-state index is 0. The summed E-state index contributed by atoms with van der Waals surface area (Å²) in [4.78, 5) is 6.62. The molecule has 1 N–H and O–H groups in total. The predicted octanol–water partition coefficient (Wildman–Crippen LogP) is 2.74. The van der Waals surface area contributed by atoms with Gasteiger partial charge in [-0.1, -0.05) is 30.3 Å². The molecule has 0 amide bonds. The Morgan fingerprint density at radius 1 is 1.29 bits per heavy atom. The lowest BCUT2D eigenvalue weighted by molar-refractivity contribution is 0.128. The highest BCUT2D eigenvalue weighted by atomic mass is 127. The molecule has 0 radical (unpaired) electrons. The Labute approximate surface area is 145 Å². The van der Waals surface area contributed by atoms with Crippen molar-refractivity contribution in [1.29, 1.82) is 0 Å². The van der Waals surface area contributed by atoms with Crippen LogP contribution in [0.5, 0.6) is 0 Å². The van der Waals surface area contributed by atoms with Crippen molar-refractivity contribution < 1.29 is 4.74 Å². The van der Waals surface area contributed by atoms with Crippen molar-refractivity contribution in [2.75, 3.05) is 33.9 Å². The molecule has 5 heteroatoms. The van der Waals surface area contributed by atoms with Crippen molar-refractivity contribution in [3.05, 3.63) is 35.9 Å². The molecule has 0 bridgehead atoms. The van der Waals surface area contributed by atoms with Gasteiger partial charge in [0.2, 0.25) is 0 Å². The minimum atomic E-state index is 0. The Bertz CT molecular complexity index is 419. The summed E-state index contributed by atoms with van der Waals surface area (Å²) in [5.74, 6) is 1.74. The topological polar surface area (TPSA) is 36.9 Å². The van der Waals surface area contributed by atoms with Crippen molar-refractivity contribution in [3.63, 3.8) is 0 Å². The molecule has 0 saturated heterocycles. The molecule has 0 unspecified atom stereocenters. The quantitative estimate of drug-likeness (QED) is 0.329. The smallest absolute Gasteiger partial charge is 0.193 e. The molecule has 1 aliphatic rings. The molecule has 1 aromatic carbocycles. The molecule has 1 aliphatic carbocycles. The molecule has 4 nitrogen and oxygen atoms in total. The van der Waals surface area contributed by atoms with Gasteiger partial charge in [-0.25, -0.2) is 4.99 Å². The molecule has 1 aromatic rings. The van der Waals surface area contributed by atoms with Gasteiger partial charge in [-0.15, -0.1) is 24.0 Å². The van der Waals surface area contributed by atoms with Crippen LogP contribution in [0.3, 0.4) is 0 Å². The van der Waals surface area contributed by atoms with E-state index in [0.717, 1.165) is 31.6 Å². The summed E-state index contributed by atoms with van der Waals surface area (Å²) in [7, 11) is 4.00. The maximum absolute atomic E-state index is 5.61. The molecule has 0 atom stereocenters. The Hall–Kier alpha value is -0.820. The zero-order chi connectivity index (χ0) is 14.2. The van der Waals surface area contributed by atoms with E-state index in [4.69, 9.17) is 4.74 Å². The van der Waals surface area contributed by atoms with Crippen LogP contribution in [0.1, 0.15) is 18.4 Å². The second-order valence-corrected chi connectivity index (χ2v) is 5.46. The summed E-state index contributed by atoms with van der Waals surface area (Å²) in [5.41, 5.74) is 1.22. The Balaban J connectivity index is 0.00000220. The molecule has 1 saturated carbocycles. The molecule has 21 heavy (non-hydrogen) atoms. The third kappa shape index (κ3) is 7.66. The third-order valence-electron chi connectivity index (χ3n) is 3.26. The Morgan fingerprint density at radius 2 is 2.00 bits per heavy atom. The predicted molar refractivity (Wildman–Crippen MR) is 98.2 cm³/mol. The van der Waals surface area contributed by atoms with Crippen LogP contribution in [0.25, 0.3) is 0 Å². The molecule has 0 aromatic heterocycles. The van der Waals surface area contributed by atoms with Crippen LogP contribution in [0, 0.1) is 5.92 Å². The zero-order valence-corrected chi connectivity index (χ0v) is 15.2. The molecule has 0 heterocycles. The summed E-state index contributed by atoms with van der Waals surface area (Å²) in [6.07, 6.45) is 2.68. The van der Waals surface area contributed by atoms with E-state index in [2.05, 4.69) is 22.4 Å². The van der Waals surface area contributed by atoms with Gasteiger partial charge in [0.05, 0.1) is 13.2 Å². The minimum Gasteiger partial charge on any atom is -0.379 e. The van der Waals surface area contributed by atoms with Gasteiger partial charge in [-0.05, 0) is 24.3 Å². The fourth-order valence-corrected chi connectivity index (χ4v) is 1.87. The van der Waals surface area contributed by atoms with Crippen LogP contribution in [-0.4, -0.2) is 44.7 Å². The normalized spacial score (nSPS) is 14.5. The van der Waals surface area contributed by atoms with E-state index in [1.165, 1.54) is 18.4 Å². The van der Waals surface area contributed by atoms with Crippen LogP contribution in [-0.2, 0) is 11.3 Å². The van der Waals surface area contributed by atoms with Crippen molar-refractivity contribution in [2.45, 2.75) is 19.4 Å². The molecule has 0 aliphatic heterocycles. The lowest BCUT2D eigenvalue weighted by atomic mass is 10.2. The van der Waals surface area contributed by atoms with E-state index in [-0.39, 0.29) is 24.0 Å². The van der Waals surface area contributed by atoms with E-state index in [9.17, 15) is 0 Å². The Morgan fingerprint density at radius 3 is 2.62 bits per heavy atom. The zero-order valence-electron chi connectivity index (χ0n) is 12.9. The van der Waals surface area contributed by atoms with E-state index in [1.54, 1.807) is 0 Å². The van der Waals surface area contributed by atoms with Crippen molar-refractivity contribution in [1.82, 2.24) is 10.2 Å². The molecule has 2 rings (SSSR count). The molecule has 118 valence electrons. The number of nitrogens with one attached hydrogen (secondary N) is 1.